The van der Waals surface area contributed by atoms with E-state index in [1.54, 1.807) is 0 Å². The Balaban J connectivity index is 2.25. The zero-order valence-corrected chi connectivity index (χ0v) is 10.2. The monoisotopic (exact) mass is 271 g/mol. The smallest absolute Gasteiger partial charge is 0.326 e. The average molecular weight is 272 g/mol. The first-order valence-corrected chi connectivity index (χ1v) is 5.87. The van der Waals surface area contributed by atoms with Crippen molar-refractivity contribution in [3.05, 3.63) is 34.6 Å². The van der Waals surface area contributed by atoms with E-state index < -0.39 is 23.7 Å². The van der Waals surface area contributed by atoms with E-state index in [9.17, 15) is 14.0 Å². The molecule has 1 aliphatic rings. The maximum absolute atomic E-state index is 13.0. The molecule has 1 heterocycles. The van der Waals surface area contributed by atoms with Crippen LogP contribution in [0.25, 0.3) is 0 Å². The summed E-state index contributed by atoms with van der Waals surface area (Å²) in [6.45, 7) is 0.394. The van der Waals surface area contributed by atoms with Crippen LogP contribution in [0.2, 0.25) is 5.02 Å². The van der Waals surface area contributed by atoms with Crippen LogP contribution in [0, 0.1) is 5.82 Å². The highest BCUT2D eigenvalue weighted by Gasteiger charge is 2.34. The van der Waals surface area contributed by atoms with Crippen molar-refractivity contribution in [3.8, 4) is 0 Å². The first kappa shape index (κ1) is 12.8. The van der Waals surface area contributed by atoms with Crippen LogP contribution in [-0.2, 0) is 4.79 Å². The summed E-state index contributed by atoms with van der Waals surface area (Å²) in [7, 11) is 0. The molecule has 2 rings (SSSR count). The minimum atomic E-state index is -1.02. The van der Waals surface area contributed by atoms with Crippen LogP contribution in [0.5, 0.6) is 0 Å². The Hall–Kier alpha value is -1.62. The number of halogens is 2. The van der Waals surface area contributed by atoms with Gasteiger partial charge in [-0.25, -0.2) is 9.18 Å². The summed E-state index contributed by atoms with van der Waals surface area (Å²) < 4.78 is 13.0. The lowest BCUT2D eigenvalue weighted by molar-refractivity contribution is -0.141. The molecule has 18 heavy (non-hydrogen) atoms. The SMILES string of the molecule is O=C(O)C1CCCN1C(=O)c1ccc(F)c(Cl)c1. The predicted molar refractivity (Wildman–Crippen MR) is 63.1 cm³/mol. The number of hydrogen-bond donors (Lipinski definition) is 1. The number of amides is 1. The number of carbonyl (C=O) groups excluding carboxylic acids is 1. The van der Waals surface area contributed by atoms with Gasteiger partial charge in [0.15, 0.2) is 0 Å². The molecule has 0 saturated carbocycles. The van der Waals surface area contributed by atoms with Crippen molar-refractivity contribution in [1.29, 1.82) is 0 Å². The highest BCUT2D eigenvalue weighted by atomic mass is 35.5. The van der Waals surface area contributed by atoms with Gasteiger partial charge in [0.05, 0.1) is 5.02 Å². The lowest BCUT2D eigenvalue weighted by atomic mass is 10.1. The van der Waals surface area contributed by atoms with Crippen LogP contribution < -0.4 is 0 Å². The van der Waals surface area contributed by atoms with Crippen molar-refractivity contribution >= 4 is 23.5 Å². The molecule has 0 aromatic heterocycles. The Morgan fingerprint density at radius 2 is 2.17 bits per heavy atom. The Bertz CT molecular complexity index is 506. The molecule has 1 amide bonds. The van der Waals surface area contributed by atoms with Crippen LogP contribution in [-0.4, -0.2) is 34.5 Å². The van der Waals surface area contributed by atoms with E-state index in [-0.39, 0.29) is 10.6 Å². The van der Waals surface area contributed by atoms with Gasteiger partial charge in [-0.1, -0.05) is 11.6 Å². The molecule has 1 unspecified atom stereocenters. The fourth-order valence-electron chi connectivity index (χ4n) is 2.06. The minimum absolute atomic E-state index is 0.146. The van der Waals surface area contributed by atoms with Gasteiger partial charge in [-0.15, -0.1) is 0 Å². The quantitative estimate of drug-likeness (QED) is 0.897. The third-order valence-corrected chi connectivity index (χ3v) is 3.25. The third-order valence-electron chi connectivity index (χ3n) is 2.97. The molecule has 6 heteroatoms. The molecule has 96 valence electrons. The lowest BCUT2D eigenvalue weighted by Gasteiger charge is -2.21. The maximum atomic E-state index is 13.0. The summed E-state index contributed by atoms with van der Waals surface area (Å²) in [4.78, 5) is 24.4. The van der Waals surface area contributed by atoms with E-state index in [0.717, 1.165) is 6.07 Å². The van der Waals surface area contributed by atoms with Gasteiger partial charge in [0.25, 0.3) is 5.91 Å². The molecule has 1 fully saturated rings. The summed E-state index contributed by atoms with van der Waals surface area (Å²) in [5, 5.41) is 8.85. The Kier molecular flexibility index (Phi) is 3.52. The second-order valence-electron chi connectivity index (χ2n) is 4.12. The Morgan fingerprint density at radius 1 is 1.44 bits per heavy atom. The van der Waals surface area contributed by atoms with E-state index >= 15 is 0 Å². The molecule has 1 aromatic carbocycles. The first-order valence-electron chi connectivity index (χ1n) is 5.49. The van der Waals surface area contributed by atoms with Gasteiger partial charge in [-0.2, -0.15) is 0 Å². The van der Waals surface area contributed by atoms with Gasteiger partial charge >= 0.3 is 5.97 Å². The molecule has 1 aromatic rings. The van der Waals surface area contributed by atoms with Crippen molar-refractivity contribution in [1.82, 2.24) is 4.90 Å². The topological polar surface area (TPSA) is 57.6 Å². The van der Waals surface area contributed by atoms with Gasteiger partial charge in [0.1, 0.15) is 11.9 Å². The zero-order valence-electron chi connectivity index (χ0n) is 9.40. The minimum Gasteiger partial charge on any atom is -0.480 e. The van der Waals surface area contributed by atoms with Crippen LogP contribution in [0.15, 0.2) is 18.2 Å². The number of nitrogens with zero attached hydrogens (tertiary/aromatic N) is 1. The van der Waals surface area contributed by atoms with Gasteiger partial charge in [0.2, 0.25) is 0 Å². The number of benzene rings is 1. The summed E-state index contributed by atoms with van der Waals surface area (Å²) in [5.74, 6) is -2.06. The maximum Gasteiger partial charge on any atom is 0.326 e. The molecular formula is C12H11ClFNO3. The van der Waals surface area contributed by atoms with Crippen LogP contribution in [0.3, 0.4) is 0 Å². The molecule has 1 saturated heterocycles. The van der Waals surface area contributed by atoms with Crippen LogP contribution in [0.4, 0.5) is 4.39 Å². The Morgan fingerprint density at radius 3 is 2.78 bits per heavy atom. The van der Waals surface area contributed by atoms with Gasteiger partial charge < -0.3 is 10.0 Å². The number of likely N-dealkylation sites (tertiary alicyclic amines) is 1. The average Bonchev–Trinajstić information content (AvgIpc) is 2.81. The molecule has 0 bridgehead atoms. The summed E-state index contributed by atoms with van der Waals surface area (Å²) in [6.07, 6.45) is 1.09. The number of carbonyl (C=O) groups is 2. The number of hydrogen-bond acceptors (Lipinski definition) is 2. The van der Waals surface area contributed by atoms with Crippen molar-refractivity contribution in [2.45, 2.75) is 18.9 Å². The normalized spacial score (nSPS) is 19.0. The molecule has 1 aliphatic heterocycles. The van der Waals surface area contributed by atoms with E-state index in [0.29, 0.717) is 19.4 Å². The van der Waals surface area contributed by atoms with Gasteiger partial charge in [-0.05, 0) is 31.0 Å². The number of rotatable bonds is 2. The molecule has 1 N–H and O–H groups in total. The highest BCUT2D eigenvalue weighted by Crippen LogP contribution is 2.22. The van der Waals surface area contributed by atoms with E-state index in [1.807, 2.05) is 0 Å². The highest BCUT2D eigenvalue weighted by molar-refractivity contribution is 6.31. The van der Waals surface area contributed by atoms with Crippen molar-refractivity contribution in [2.24, 2.45) is 0 Å². The van der Waals surface area contributed by atoms with Crippen LogP contribution >= 0.6 is 11.6 Å². The lowest BCUT2D eigenvalue weighted by Crippen LogP contribution is -2.40. The zero-order chi connectivity index (χ0) is 13.3. The second kappa shape index (κ2) is 4.94. The van der Waals surface area contributed by atoms with Crippen molar-refractivity contribution in [2.75, 3.05) is 6.54 Å². The largest absolute Gasteiger partial charge is 0.480 e. The third kappa shape index (κ3) is 2.31. The predicted octanol–water partition coefficient (Wildman–Crippen LogP) is 2.17. The molecule has 0 aliphatic carbocycles. The molecule has 0 radical (unpaired) electrons. The van der Waals surface area contributed by atoms with E-state index in [2.05, 4.69) is 0 Å². The standard InChI is InChI=1S/C12H11ClFNO3/c13-8-6-7(3-4-9(8)14)11(16)15-5-1-2-10(15)12(17)18/h3-4,6,10H,1-2,5H2,(H,17,18). The number of aliphatic carboxylic acids is 1. The Labute approximate surface area is 108 Å². The van der Waals surface area contributed by atoms with E-state index in [1.165, 1.54) is 17.0 Å². The summed E-state index contributed by atoms with van der Waals surface area (Å²) >= 11 is 5.60. The van der Waals surface area contributed by atoms with Crippen molar-refractivity contribution < 1.29 is 19.1 Å². The van der Waals surface area contributed by atoms with Gasteiger partial charge in [0, 0.05) is 12.1 Å². The summed E-state index contributed by atoms with van der Waals surface area (Å²) in [6, 6.07) is 2.82. The summed E-state index contributed by atoms with van der Waals surface area (Å²) in [5.41, 5.74) is 0.203. The molecule has 4 nitrogen and oxygen atoms in total. The number of carboxylic acid groups (broad SMARTS) is 1. The van der Waals surface area contributed by atoms with E-state index in [4.69, 9.17) is 16.7 Å². The van der Waals surface area contributed by atoms with Gasteiger partial charge in [-0.3, -0.25) is 4.79 Å². The fraction of sp³-hybridized carbons (Fsp3) is 0.333. The first-order chi connectivity index (χ1) is 8.50. The molecular weight excluding hydrogens is 261 g/mol. The second-order valence-corrected chi connectivity index (χ2v) is 4.53. The number of carboxylic acids is 1. The van der Waals surface area contributed by atoms with Crippen molar-refractivity contribution in [3.63, 3.8) is 0 Å². The fourth-order valence-corrected chi connectivity index (χ4v) is 2.24. The van der Waals surface area contributed by atoms with Crippen LogP contribution in [0.1, 0.15) is 23.2 Å². The molecule has 1 atom stereocenters. The molecule has 0 spiro atoms.